The zero-order chi connectivity index (χ0) is 12.5. The Morgan fingerprint density at radius 3 is 2.76 bits per heavy atom. The molecular formula is C12H24N2O2S. The van der Waals surface area contributed by atoms with Gasteiger partial charge < -0.3 is 15.4 Å². The second-order valence-corrected chi connectivity index (χ2v) is 5.53. The maximum absolute atomic E-state index is 11.3. The molecule has 0 aliphatic carbocycles. The van der Waals surface area contributed by atoms with Crippen LogP contribution in [0.15, 0.2) is 0 Å². The van der Waals surface area contributed by atoms with Gasteiger partial charge >= 0.3 is 5.97 Å². The lowest BCUT2D eigenvalue weighted by Crippen LogP contribution is -2.32. The van der Waals surface area contributed by atoms with Crippen LogP contribution in [-0.2, 0) is 9.53 Å². The van der Waals surface area contributed by atoms with E-state index < -0.39 is 6.04 Å². The maximum atomic E-state index is 11.3. The third-order valence-corrected chi connectivity index (χ3v) is 3.91. The predicted molar refractivity (Wildman–Crippen MR) is 72.2 cm³/mol. The van der Waals surface area contributed by atoms with Crippen molar-refractivity contribution in [1.82, 2.24) is 4.90 Å². The van der Waals surface area contributed by atoms with Crippen LogP contribution >= 0.6 is 11.8 Å². The van der Waals surface area contributed by atoms with Gasteiger partial charge in [0.25, 0.3) is 0 Å². The number of hydrogen-bond acceptors (Lipinski definition) is 5. The Balaban J connectivity index is 1.94. The quantitative estimate of drug-likeness (QED) is 0.523. The molecule has 1 aliphatic rings. The molecule has 17 heavy (non-hydrogen) atoms. The van der Waals surface area contributed by atoms with Crippen LogP contribution in [0.25, 0.3) is 0 Å². The molecule has 1 atom stereocenters. The van der Waals surface area contributed by atoms with Crippen LogP contribution in [-0.4, -0.2) is 54.7 Å². The van der Waals surface area contributed by atoms with Crippen LogP contribution in [0.1, 0.15) is 26.2 Å². The van der Waals surface area contributed by atoms with Gasteiger partial charge in [-0.1, -0.05) is 0 Å². The summed E-state index contributed by atoms with van der Waals surface area (Å²) in [7, 11) is 0. The molecule has 1 rings (SSSR count). The lowest BCUT2D eigenvalue weighted by atomic mass is 10.2. The van der Waals surface area contributed by atoms with Gasteiger partial charge in [0, 0.05) is 12.3 Å². The van der Waals surface area contributed by atoms with Gasteiger partial charge in [-0.2, -0.15) is 11.8 Å². The molecular weight excluding hydrogens is 236 g/mol. The zero-order valence-corrected chi connectivity index (χ0v) is 11.5. The van der Waals surface area contributed by atoms with Crippen molar-refractivity contribution < 1.29 is 9.53 Å². The summed E-state index contributed by atoms with van der Waals surface area (Å²) < 4.78 is 4.86. The number of nitrogens with zero attached hydrogens (tertiary/aromatic N) is 1. The Morgan fingerprint density at radius 2 is 2.12 bits per heavy atom. The number of nitrogens with two attached hydrogens (primary N) is 1. The van der Waals surface area contributed by atoms with Crippen molar-refractivity contribution in [2.45, 2.75) is 32.2 Å². The molecule has 1 aliphatic heterocycles. The highest BCUT2D eigenvalue weighted by atomic mass is 32.2. The standard InChI is InChI=1S/C12H24N2O2S/c1-2-16-12(15)11(13)5-9-17-10-8-14-6-3-4-7-14/h11H,2-10,13H2,1H3. The summed E-state index contributed by atoms with van der Waals surface area (Å²) in [4.78, 5) is 13.7. The van der Waals surface area contributed by atoms with Crippen LogP contribution in [0.5, 0.6) is 0 Å². The number of ether oxygens (including phenoxy) is 1. The Labute approximate surface area is 108 Å². The van der Waals surface area contributed by atoms with Crippen LogP contribution in [0, 0.1) is 0 Å². The first kappa shape index (κ1) is 14.8. The predicted octanol–water partition coefficient (Wildman–Crippen LogP) is 1.10. The fourth-order valence-electron chi connectivity index (χ4n) is 1.88. The van der Waals surface area contributed by atoms with Gasteiger partial charge in [0.05, 0.1) is 6.61 Å². The van der Waals surface area contributed by atoms with E-state index >= 15 is 0 Å². The first-order valence-electron chi connectivity index (χ1n) is 6.46. The number of rotatable bonds is 8. The second-order valence-electron chi connectivity index (χ2n) is 4.31. The third kappa shape index (κ3) is 6.29. The first-order chi connectivity index (χ1) is 8.24. The van der Waals surface area contributed by atoms with E-state index in [1.165, 1.54) is 32.5 Å². The topological polar surface area (TPSA) is 55.6 Å². The van der Waals surface area contributed by atoms with Gasteiger partial charge in [-0.05, 0) is 45.0 Å². The molecule has 1 saturated heterocycles. The van der Waals surface area contributed by atoms with Gasteiger partial charge in [0.2, 0.25) is 0 Å². The fraction of sp³-hybridized carbons (Fsp3) is 0.917. The van der Waals surface area contributed by atoms with Crippen molar-refractivity contribution in [3.8, 4) is 0 Å². The third-order valence-electron chi connectivity index (χ3n) is 2.91. The van der Waals surface area contributed by atoms with Gasteiger partial charge in [-0.3, -0.25) is 4.79 Å². The molecule has 1 heterocycles. The molecule has 1 fully saturated rings. The van der Waals surface area contributed by atoms with Crippen molar-refractivity contribution in [3.63, 3.8) is 0 Å². The molecule has 0 aromatic rings. The summed E-state index contributed by atoms with van der Waals surface area (Å²) in [5, 5.41) is 0. The van der Waals surface area contributed by atoms with E-state index in [1.807, 2.05) is 11.8 Å². The molecule has 0 radical (unpaired) electrons. The van der Waals surface area contributed by atoms with Crippen LogP contribution in [0.3, 0.4) is 0 Å². The van der Waals surface area contributed by atoms with Gasteiger partial charge in [-0.25, -0.2) is 0 Å². The van der Waals surface area contributed by atoms with E-state index in [-0.39, 0.29) is 5.97 Å². The molecule has 0 aromatic heterocycles. The van der Waals surface area contributed by atoms with Gasteiger partial charge in [0.1, 0.15) is 6.04 Å². The molecule has 0 aromatic carbocycles. The minimum absolute atomic E-state index is 0.271. The van der Waals surface area contributed by atoms with E-state index in [0.29, 0.717) is 13.0 Å². The Bertz CT molecular complexity index is 221. The van der Waals surface area contributed by atoms with Gasteiger partial charge in [-0.15, -0.1) is 0 Å². The van der Waals surface area contributed by atoms with E-state index in [9.17, 15) is 4.79 Å². The lowest BCUT2D eigenvalue weighted by molar-refractivity contribution is -0.144. The molecule has 0 amide bonds. The molecule has 5 heteroatoms. The normalized spacial score (nSPS) is 18.2. The average Bonchev–Trinajstić information content (AvgIpc) is 2.81. The highest BCUT2D eigenvalue weighted by Gasteiger charge is 2.14. The SMILES string of the molecule is CCOC(=O)C(N)CCSCCN1CCCC1. The Morgan fingerprint density at radius 1 is 1.41 bits per heavy atom. The summed E-state index contributed by atoms with van der Waals surface area (Å²) in [6, 6.07) is -0.450. The molecule has 4 nitrogen and oxygen atoms in total. The van der Waals surface area contributed by atoms with Crippen molar-refractivity contribution in [3.05, 3.63) is 0 Å². The minimum atomic E-state index is -0.450. The van der Waals surface area contributed by atoms with E-state index in [1.54, 1.807) is 6.92 Å². The number of thioether (sulfide) groups is 1. The second kappa shape index (κ2) is 8.78. The summed E-state index contributed by atoms with van der Waals surface area (Å²) >= 11 is 1.87. The number of esters is 1. The number of hydrogen-bond donors (Lipinski definition) is 1. The number of carbonyl (C=O) groups is 1. The Kier molecular flexibility index (Phi) is 7.64. The summed E-state index contributed by atoms with van der Waals surface area (Å²) in [5.74, 6) is 1.80. The maximum Gasteiger partial charge on any atom is 0.322 e. The molecule has 1 unspecified atom stereocenters. The number of carbonyl (C=O) groups excluding carboxylic acids is 1. The molecule has 0 bridgehead atoms. The van der Waals surface area contributed by atoms with Gasteiger partial charge in [0.15, 0.2) is 0 Å². The van der Waals surface area contributed by atoms with Crippen LogP contribution in [0.4, 0.5) is 0 Å². The van der Waals surface area contributed by atoms with Crippen LogP contribution < -0.4 is 5.73 Å². The summed E-state index contributed by atoms with van der Waals surface area (Å²) in [6.07, 6.45) is 3.40. The highest BCUT2D eigenvalue weighted by molar-refractivity contribution is 7.99. The van der Waals surface area contributed by atoms with E-state index in [0.717, 1.165) is 11.5 Å². The van der Waals surface area contributed by atoms with Crippen molar-refractivity contribution in [2.75, 3.05) is 37.7 Å². The zero-order valence-electron chi connectivity index (χ0n) is 10.7. The van der Waals surface area contributed by atoms with Crippen LogP contribution in [0.2, 0.25) is 0 Å². The largest absolute Gasteiger partial charge is 0.465 e. The number of likely N-dealkylation sites (tertiary alicyclic amines) is 1. The molecule has 100 valence electrons. The summed E-state index contributed by atoms with van der Waals surface area (Å²) in [6.45, 7) is 5.88. The van der Waals surface area contributed by atoms with Crippen molar-refractivity contribution in [2.24, 2.45) is 5.73 Å². The molecule has 0 spiro atoms. The van der Waals surface area contributed by atoms with E-state index in [4.69, 9.17) is 10.5 Å². The van der Waals surface area contributed by atoms with Crippen molar-refractivity contribution >= 4 is 17.7 Å². The molecule has 0 saturated carbocycles. The smallest absolute Gasteiger partial charge is 0.322 e. The highest BCUT2D eigenvalue weighted by Crippen LogP contribution is 2.10. The molecule has 2 N–H and O–H groups in total. The Hall–Kier alpha value is -0.260. The van der Waals surface area contributed by atoms with Crippen molar-refractivity contribution in [1.29, 1.82) is 0 Å². The fourth-order valence-corrected chi connectivity index (χ4v) is 2.89. The first-order valence-corrected chi connectivity index (χ1v) is 7.62. The summed E-state index contributed by atoms with van der Waals surface area (Å²) in [5.41, 5.74) is 5.71. The lowest BCUT2D eigenvalue weighted by Gasteiger charge is -2.14. The van der Waals surface area contributed by atoms with E-state index in [2.05, 4.69) is 4.90 Å². The average molecular weight is 260 g/mol. The monoisotopic (exact) mass is 260 g/mol. The minimum Gasteiger partial charge on any atom is -0.465 e.